The average molecular weight is 684 g/mol. The minimum absolute atomic E-state index is 0.0489. The van der Waals surface area contributed by atoms with E-state index in [0.717, 1.165) is 18.2 Å². The van der Waals surface area contributed by atoms with Crippen LogP contribution in [0, 0.1) is 24.1 Å². The minimum atomic E-state index is -6.38. The van der Waals surface area contributed by atoms with Crippen molar-refractivity contribution in [2.75, 3.05) is 13.1 Å². The predicted molar refractivity (Wildman–Crippen MR) is 149 cm³/mol. The van der Waals surface area contributed by atoms with Crippen LogP contribution in [0.2, 0.25) is 0 Å². The Morgan fingerprint density at radius 2 is 1.50 bits per heavy atom. The number of carboxylic acids is 1. The van der Waals surface area contributed by atoms with Gasteiger partial charge in [-0.25, -0.2) is 17.2 Å². The first-order chi connectivity index (χ1) is 21.2. The largest absolute Gasteiger partial charge is 0.481 e. The molecule has 6 nitrogen and oxygen atoms in total. The average Bonchev–Trinajstić information content (AvgIpc) is 3.44. The number of hydrogen-bond donors (Lipinski definition) is 1. The molecule has 1 heterocycles. The molecule has 1 amide bonds. The van der Waals surface area contributed by atoms with Gasteiger partial charge in [-0.2, -0.15) is 26.3 Å². The highest BCUT2D eigenvalue weighted by molar-refractivity contribution is 7.92. The molecule has 1 atom stereocenters. The van der Waals surface area contributed by atoms with E-state index in [0.29, 0.717) is 25.0 Å². The molecule has 0 unspecified atom stereocenters. The zero-order valence-electron chi connectivity index (χ0n) is 24.9. The molecule has 2 aliphatic rings. The van der Waals surface area contributed by atoms with Gasteiger partial charge in [-0.05, 0) is 74.8 Å². The lowest BCUT2D eigenvalue weighted by Gasteiger charge is -2.41. The van der Waals surface area contributed by atoms with Crippen LogP contribution in [0.25, 0.3) is 0 Å². The molecule has 1 aliphatic heterocycles. The Balaban J connectivity index is 1.82. The third kappa shape index (κ3) is 5.76. The van der Waals surface area contributed by atoms with Crippen LogP contribution in [0.3, 0.4) is 0 Å². The maximum Gasteiger partial charge on any atom is 0.435 e. The number of alkyl halides is 7. The molecule has 46 heavy (non-hydrogen) atoms. The molecule has 1 N–H and O–H groups in total. The van der Waals surface area contributed by atoms with E-state index < -0.39 is 73.7 Å². The number of halogens is 8. The normalized spacial score (nSPS) is 24.7. The van der Waals surface area contributed by atoms with Crippen molar-refractivity contribution in [2.45, 2.75) is 86.5 Å². The highest BCUT2D eigenvalue weighted by Gasteiger charge is 2.73. The minimum Gasteiger partial charge on any atom is -0.481 e. The molecule has 2 aromatic carbocycles. The van der Waals surface area contributed by atoms with Crippen LogP contribution < -0.4 is 0 Å². The van der Waals surface area contributed by atoms with E-state index >= 15 is 0 Å². The maximum absolute atomic E-state index is 14.8. The van der Waals surface area contributed by atoms with E-state index in [2.05, 4.69) is 0 Å². The summed E-state index contributed by atoms with van der Waals surface area (Å²) in [5.41, 5.74) is -8.86. The molecule has 1 saturated heterocycles. The van der Waals surface area contributed by atoms with E-state index in [-0.39, 0.29) is 66.8 Å². The van der Waals surface area contributed by atoms with E-state index in [1.807, 2.05) is 6.92 Å². The number of aliphatic carboxylic acids is 1. The fraction of sp³-hybridized carbons (Fsp3) is 0.548. The molecule has 0 spiro atoms. The zero-order chi connectivity index (χ0) is 34.5. The third-order valence-corrected chi connectivity index (χ3v) is 12.0. The first kappa shape index (κ1) is 35.6. The van der Waals surface area contributed by atoms with Gasteiger partial charge in [0.2, 0.25) is 5.91 Å². The fourth-order valence-electron chi connectivity index (χ4n) is 6.87. The molecule has 4 rings (SSSR count). The first-order valence-electron chi connectivity index (χ1n) is 14.6. The molecule has 1 saturated carbocycles. The van der Waals surface area contributed by atoms with Gasteiger partial charge in [0, 0.05) is 24.1 Å². The molecular formula is C31H33F8NO5S. The van der Waals surface area contributed by atoms with Gasteiger partial charge in [0.25, 0.3) is 0 Å². The van der Waals surface area contributed by atoms with Gasteiger partial charge in [0.05, 0.1) is 10.8 Å². The Labute approximate surface area is 260 Å². The van der Waals surface area contributed by atoms with Crippen molar-refractivity contribution < 1.29 is 58.2 Å². The SMILES string of the molecule is CCCC1(C(=O)N2CC[C@](c3ccc(C(F)(C(F)(F)F)C(F)(F)F)cc3)(S(=O)(=O)c3ccc(F)c(C)c3)C2)CCC(C(=O)O)CC1. The van der Waals surface area contributed by atoms with Crippen LogP contribution in [0.15, 0.2) is 47.4 Å². The maximum atomic E-state index is 14.8. The number of amides is 1. The van der Waals surface area contributed by atoms with Crippen molar-refractivity contribution in [3.63, 3.8) is 0 Å². The van der Waals surface area contributed by atoms with Crippen LogP contribution in [0.5, 0.6) is 0 Å². The molecule has 0 aromatic heterocycles. The van der Waals surface area contributed by atoms with Gasteiger partial charge < -0.3 is 10.0 Å². The lowest BCUT2D eigenvalue weighted by atomic mass is 9.67. The molecule has 0 bridgehead atoms. The lowest BCUT2D eigenvalue weighted by molar-refractivity contribution is -0.348. The number of benzene rings is 2. The number of hydrogen-bond acceptors (Lipinski definition) is 4. The summed E-state index contributed by atoms with van der Waals surface area (Å²) in [5.74, 6) is -2.79. The van der Waals surface area contributed by atoms with Crippen molar-refractivity contribution in [3.05, 3.63) is 65.0 Å². The predicted octanol–water partition coefficient (Wildman–Crippen LogP) is 7.39. The van der Waals surface area contributed by atoms with Crippen LogP contribution in [0.1, 0.15) is 68.6 Å². The van der Waals surface area contributed by atoms with Gasteiger partial charge in [0.15, 0.2) is 9.84 Å². The number of sulfone groups is 1. The fourth-order valence-corrected chi connectivity index (χ4v) is 9.03. The Morgan fingerprint density at radius 3 is 1.98 bits per heavy atom. The van der Waals surface area contributed by atoms with Gasteiger partial charge in [-0.15, -0.1) is 0 Å². The third-order valence-electron chi connectivity index (χ3n) is 9.54. The van der Waals surface area contributed by atoms with Gasteiger partial charge in [0.1, 0.15) is 10.6 Å². The van der Waals surface area contributed by atoms with Crippen LogP contribution >= 0.6 is 0 Å². The topological polar surface area (TPSA) is 91.8 Å². The van der Waals surface area contributed by atoms with Crippen LogP contribution in [0.4, 0.5) is 35.1 Å². The lowest BCUT2D eigenvalue weighted by Crippen LogP contribution is -2.50. The number of rotatable bonds is 8. The zero-order valence-corrected chi connectivity index (χ0v) is 25.8. The van der Waals surface area contributed by atoms with Crippen LogP contribution in [-0.2, 0) is 29.8 Å². The Morgan fingerprint density at radius 1 is 0.935 bits per heavy atom. The van der Waals surface area contributed by atoms with Crippen molar-refractivity contribution in [3.8, 4) is 0 Å². The quantitative estimate of drug-likeness (QED) is 0.232. The standard InChI is InChI=1S/C31H33F8NO5S/c1-3-12-27(13-10-20(11-14-27)25(41)42)26(43)40-16-15-28(18-40,46(44,45)23-8-9-24(32)19(2)17-23)21-4-6-22(7-5-21)29(33,30(34,35)36)31(37,38)39/h4-9,17,20H,3,10-16,18H2,1-2H3,(H,41,42)/t20?,27?,28-/m0/s1. The van der Waals surface area contributed by atoms with E-state index in [1.165, 1.54) is 11.8 Å². The van der Waals surface area contributed by atoms with Crippen molar-refractivity contribution in [2.24, 2.45) is 11.3 Å². The summed E-state index contributed by atoms with van der Waals surface area (Å²) in [6.07, 6.45) is -11.3. The molecule has 254 valence electrons. The number of carbonyl (C=O) groups excluding carboxylic acids is 1. The summed E-state index contributed by atoms with van der Waals surface area (Å²) in [7, 11) is -4.62. The summed E-state index contributed by atoms with van der Waals surface area (Å²) >= 11 is 0. The molecule has 2 fully saturated rings. The monoisotopic (exact) mass is 683 g/mol. The smallest absolute Gasteiger partial charge is 0.435 e. The second-order valence-electron chi connectivity index (χ2n) is 12.3. The van der Waals surface area contributed by atoms with E-state index in [4.69, 9.17) is 0 Å². The van der Waals surface area contributed by atoms with Gasteiger partial charge >= 0.3 is 24.0 Å². The van der Waals surface area contributed by atoms with Crippen molar-refractivity contribution >= 4 is 21.7 Å². The highest BCUT2D eigenvalue weighted by atomic mass is 32.2. The highest BCUT2D eigenvalue weighted by Crippen LogP contribution is 2.54. The number of nitrogens with zero attached hydrogens (tertiary/aromatic N) is 1. The molecule has 0 radical (unpaired) electrons. The van der Waals surface area contributed by atoms with Crippen LogP contribution in [-0.4, -0.2) is 55.7 Å². The van der Waals surface area contributed by atoms with E-state index in [1.54, 1.807) is 0 Å². The second kappa shape index (κ2) is 12.1. The number of likely N-dealkylation sites (tertiary alicyclic amines) is 1. The Bertz CT molecular complexity index is 1570. The molecule has 2 aromatic rings. The summed E-state index contributed by atoms with van der Waals surface area (Å²) in [6.45, 7) is 2.43. The second-order valence-corrected chi connectivity index (χ2v) is 14.5. The number of carbonyl (C=O) groups is 2. The molecule has 1 aliphatic carbocycles. The van der Waals surface area contributed by atoms with Gasteiger partial charge in [-0.1, -0.05) is 37.6 Å². The van der Waals surface area contributed by atoms with Crippen molar-refractivity contribution in [1.29, 1.82) is 0 Å². The Hall–Kier alpha value is -3.23. The number of aryl methyl sites for hydroxylation is 1. The summed E-state index contributed by atoms with van der Waals surface area (Å²) in [5, 5.41) is 9.44. The van der Waals surface area contributed by atoms with E-state index in [9.17, 15) is 58.2 Å². The summed E-state index contributed by atoms with van der Waals surface area (Å²) in [6, 6.07) is 4.75. The summed E-state index contributed by atoms with van der Waals surface area (Å²) < 4.78 is 136. The number of carboxylic acid groups (broad SMARTS) is 1. The Kier molecular flexibility index (Phi) is 9.36. The summed E-state index contributed by atoms with van der Waals surface area (Å²) in [4.78, 5) is 26.5. The van der Waals surface area contributed by atoms with Gasteiger partial charge in [-0.3, -0.25) is 9.59 Å². The first-order valence-corrected chi connectivity index (χ1v) is 16.1. The molecular weight excluding hydrogens is 650 g/mol. The molecule has 15 heteroatoms. The van der Waals surface area contributed by atoms with Crippen molar-refractivity contribution in [1.82, 2.24) is 4.90 Å².